The molecule has 0 spiro atoms. The lowest BCUT2D eigenvalue weighted by Crippen LogP contribution is -2.06. The van der Waals surface area contributed by atoms with Crippen LogP contribution in [0.5, 0.6) is 0 Å². The Balaban J connectivity index is 2.58. The van der Waals surface area contributed by atoms with Crippen molar-refractivity contribution >= 4 is 28.3 Å². The molecule has 1 heterocycles. The maximum absolute atomic E-state index is 13.9. The number of hydrogen-bond acceptors (Lipinski definition) is 2. The number of fused-ring (bicyclic) bond motifs is 1. The van der Waals surface area contributed by atoms with E-state index in [4.69, 9.17) is 11.6 Å². The summed E-state index contributed by atoms with van der Waals surface area (Å²) in [5.41, 5.74) is 1.57. The van der Waals surface area contributed by atoms with Crippen molar-refractivity contribution in [2.24, 2.45) is 0 Å². The van der Waals surface area contributed by atoms with Crippen molar-refractivity contribution in [3.05, 3.63) is 34.6 Å². The standard InChI is InChI=1S/C15H18ClFN2/c1-3-5-10-9-11-13(17)7-6-12(16)14(11)19-15(10)18-8-4-2/h6-7,9H,3-5,8H2,1-2H3,(H,18,19). The lowest BCUT2D eigenvalue weighted by atomic mass is 10.1. The van der Waals surface area contributed by atoms with Crippen molar-refractivity contribution in [1.29, 1.82) is 0 Å². The van der Waals surface area contributed by atoms with Gasteiger partial charge in [0.2, 0.25) is 0 Å². The summed E-state index contributed by atoms with van der Waals surface area (Å²) in [4.78, 5) is 4.51. The van der Waals surface area contributed by atoms with E-state index in [1.807, 2.05) is 6.07 Å². The van der Waals surface area contributed by atoms with E-state index >= 15 is 0 Å². The summed E-state index contributed by atoms with van der Waals surface area (Å²) in [6, 6.07) is 4.81. The minimum atomic E-state index is -0.272. The molecule has 0 saturated carbocycles. The van der Waals surface area contributed by atoms with E-state index in [0.717, 1.165) is 37.2 Å². The number of aromatic nitrogens is 1. The van der Waals surface area contributed by atoms with Crippen molar-refractivity contribution in [3.63, 3.8) is 0 Å². The maximum Gasteiger partial charge on any atom is 0.132 e. The number of hydrogen-bond donors (Lipinski definition) is 1. The number of pyridine rings is 1. The van der Waals surface area contributed by atoms with Gasteiger partial charge in [-0.1, -0.05) is 31.9 Å². The topological polar surface area (TPSA) is 24.9 Å². The molecule has 2 aromatic rings. The molecule has 2 nitrogen and oxygen atoms in total. The molecule has 1 N–H and O–H groups in total. The van der Waals surface area contributed by atoms with Crippen molar-refractivity contribution in [3.8, 4) is 0 Å². The Kier molecular flexibility index (Phi) is 4.59. The molecule has 0 amide bonds. The van der Waals surface area contributed by atoms with Crippen LogP contribution in [0.25, 0.3) is 10.9 Å². The van der Waals surface area contributed by atoms with E-state index in [-0.39, 0.29) is 5.82 Å². The Morgan fingerprint density at radius 1 is 1.26 bits per heavy atom. The van der Waals surface area contributed by atoms with Crippen LogP contribution < -0.4 is 5.32 Å². The van der Waals surface area contributed by atoms with Gasteiger partial charge in [0.05, 0.1) is 10.5 Å². The van der Waals surface area contributed by atoms with Gasteiger partial charge >= 0.3 is 0 Å². The Hall–Kier alpha value is -1.35. The Morgan fingerprint density at radius 3 is 2.74 bits per heavy atom. The van der Waals surface area contributed by atoms with Gasteiger partial charge in [0, 0.05) is 11.9 Å². The van der Waals surface area contributed by atoms with Gasteiger partial charge in [-0.25, -0.2) is 9.37 Å². The molecule has 0 atom stereocenters. The molecule has 19 heavy (non-hydrogen) atoms. The van der Waals surface area contributed by atoms with E-state index in [9.17, 15) is 4.39 Å². The minimum absolute atomic E-state index is 0.272. The maximum atomic E-state index is 13.9. The highest BCUT2D eigenvalue weighted by atomic mass is 35.5. The number of halogens is 2. The third-order valence-electron chi connectivity index (χ3n) is 3.02. The third kappa shape index (κ3) is 2.98. The number of benzene rings is 1. The second kappa shape index (κ2) is 6.20. The Bertz CT molecular complexity index is 584. The smallest absolute Gasteiger partial charge is 0.132 e. The average molecular weight is 281 g/mol. The summed E-state index contributed by atoms with van der Waals surface area (Å²) in [6.07, 6.45) is 2.89. The van der Waals surface area contributed by atoms with Crippen LogP contribution in [0.1, 0.15) is 32.3 Å². The SMILES string of the molecule is CCCNc1nc2c(Cl)ccc(F)c2cc1CCC. The Labute approximate surface area is 118 Å². The fourth-order valence-corrected chi connectivity index (χ4v) is 2.30. The molecule has 4 heteroatoms. The molecule has 0 saturated heterocycles. The van der Waals surface area contributed by atoms with Gasteiger partial charge < -0.3 is 5.32 Å². The fourth-order valence-electron chi connectivity index (χ4n) is 2.09. The summed E-state index contributed by atoms with van der Waals surface area (Å²) in [5, 5.41) is 4.28. The van der Waals surface area contributed by atoms with Crippen LogP contribution in [0.15, 0.2) is 18.2 Å². The second-order valence-corrected chi connectivity index (χ2v) is 5.01. The molecule has 1 aromatic heterocycles. The molecule has 0 aliphatic rings. The van der Waals surface area contributed by atoms with Gasteiger partial charge in [-0.3, -0.25) is 0 Å². The minimum Gasteiger partial charge on any atom is -0.370 e. The zero-order chi connectivity index (χ0) is 13.8. The molecule has 1 aromatic carbocycles. The third-order valence-corrected chi connectivity index (χ3v) is 3.33. The number of aryl methyl sites for hydroxylation is 1. The highest BCUT2D eigenvalue weighted by Gasteiger charge is 2.11. The van der Waals surface area contributed by atoms with Crippen LogP contribution in [-0.2, 0) is 6.42 Å². The summed E-state index contributed by atoms with van der Waals surface area (Å²) in [5.74, 6) is 0.551. The molecule has 0 fully saturated rings. The van der Waals surface area contributed by atoms with Crippen LogP contribution >= 0.6 is 11.6 Å². The Morgan fingerprint density at radius 2 is 2.05 bits per heavy atom. The summed E-state index contributed by atoms with van der Waals surface area (Å²) in [7, 11) is 0. The number of nitrogens with zero attached hydrogens (tertiary/aromatic N) is 1. The van der Waals surface area contributed by atoms with Gasteiger partial charge in [-0.15, -0.1) is 0 Å². The molecule has 0 unspecified atom stereocenters. The quantitative estimate of drug-likeness (QED) is 0.851. The van der Waals surface area contributed by atoms with Crippen molar-refractivity contribution < 1.29 is 4.39 Å². The molecule has 0 bridgehead atoms. The molecular weight excluding hydrogens is 263 g/mol. The van der Waals surface area contributed by atoms with Crippen LogP contribution in [0.4, 0.5) is 10.2 Å². The number of anilines is 1. The van der Waals surface area contributed by atoms with Crippen LogP contribution in [0.2, 0.25) is 5.02 Å². The van der Waals surface area contributed by atoms with E-state index < -0.39 is 0 Å². The lowest BCUT2D eigenvalue weighted by molar-refractivity contribution is 0.639. The van der Waals surface area contributed by atoms with Crippen LogP contribution in [0, 0.1) is 5.82 Å². The molecule has 102 valence electrons. The van der Waals surface area contributed by atoms with Gasteiger partial charge in [0.1, 0.15) is 11.6 Å². The monoisotopic (exact) mass is 280 g/mol. The van der Waals surface area contributed by atoms with E-state index in [1.54, 1.807) is 6.07 Å². The van der Waals surface area contributed by atoms with Gasteiger partial charge in [-0.2, -0.15) is 0 Å². The highest BCUT2D eigenvalue weighted by molar-refractivity contribution is 6.35. The summed E-state index contributed by atoms with van der Waals surface area (Å²) in [6.45, 7) is 5.05. The summed E-state index contributed by atoms with van der Waals surface area (Å²) < 4.78 is 13.9. The zero-order valence-electron chi connectivity index (χ0n) is 11.3. The predicted octanol–water partition coefficient (Wildman–Crippen LogP) is 4.80. The van der Waals surface area contributed by atoms with E-state index in [0.29, 0.717) is 15.9 Å². The van der Waals surface area contributed by atoms with Gasteiger partial charge in [0.25, 0.3) is 0 Å². The average Bonchev–Trinajstić information content (AvgIpc) is 2.41. The number of rotatable bonds is 5. The molecule has 0 aliphatic carbocycles. The van der Waals surface area contributed by atoms with Crippen molar-refractivity contribution in [1.82, 2.24) is 4.98 Å². The molecular formula is C15H18ClFN2. The first-order valence-corrected chi connectivity index (χ1v) is 7.06. The highest BCUT2D eigenvalue weighted by Crippen LogP contribution is 2.28. The van der Waals surface area contributed by atoms with Crippen molar-refractivity contribution in [2.75, 3.05) is 11.9 Å². The first-order chi connectivity index (χ1) is 9.17. The van der Waals surface area contributed by atoms with E-state index in [1.165, 1.54) is 6.07 Å². The predicted molar refractivity (Wildman–Crippen MR) is 79.5 cm³/mol. The van der Waals surface area contributed by atoms with Crippen LogP contribution in [0.3, 0.4) is 0 Å². The lowest BCUT2D eigenvalue weighted by Gasteiger charge is -2.12. The first kappa shape index (κ1) is 14.1. The number of nitrogens with one attached hydrogen (secondary N) is 1. The fraction of sp³-hybridized carbons (Fsp3) is 0.400. The van der Waals surface area contributed by atoms with Gasteiger partial charge in [-0.05, 0) is 36.6 Å². The molecule has 0 aliphatic heterocycles. The largest absolute Gasteiger partial charge is 0.370 e. The van der Waals surface area contributed by atoms with E-state index in [2.05, 4.69) is 24.1 Å². The van der Waals surface area contributed by atoms with Gasteiger partial charge in [0.15, 0.2) is 0 Å². The zero-order valence-corrected chi connectivity index (χ0v) is 12.0. The second-order valence-electron chi connectivity index (χ2n) is 4.60. The first-order valence-electron chi connectivity index (χ1n) is 6.68. The molecule has 2 rings (SSSR count). The van der Waals surface area contributed by atoms with Crippen molar-refractivity contribution in [2.45, 2.75) is 33.1 Å². The summed E-state index contributed by atoms with van der Waals surface area (Å²) >= 11 is 6.11. The normalized spacial score (nSPS) is 10.9. The molecule has 0 radical (unpaired) electrons. The van der Waals surface area contributed by atoms with Crippen LogP contribution in [-0.4, -0.2) is 11.5 Å².